The highest BCUT2D eigenvalue weighted by Crippen LogP contribution is 2.22. The molecule has 2 aromatic rings. The second-order valence-corrected chi connectivity index (χ2v) is 8.27. The molecule has 29 heavy (non-hydrogen) atoms. The fourth-order valence-corrected chi connectivity index (χ4v) is 2.23. The van der Waals surface area contributed by atoms with Crippen molar-refractivity contribution in [1.82, 2.24) is 0 Å². The Morgan fingerprint density at radius 1 is 0.621 bits per heavy atom. The van der Waals surface area contributed by atoms with Crippen LogP contribution in [0.3, 0.4) is 0 Å². The summed E-state index contributed by atoms with van der Waals surface area (Å²) >= 11 is 0.306. The normalized spacial score (nSPS) is 10.3. The first-order valence-corrected chi connectivity index (χ1v) is 9.84. The zero-order valence-electron chi connectivity index (χ0n) is 17.8. The Kier molecular flexibility index (Phi) is 13.1. The van der Waals surface area contributed by atoms with Crippen LogP contribution in [0.2, 0.25) is 0 Å². The summed E-state index contributed by atoms with van der Waals surface area (Å²) in [5, 5.41) is 17.4. The van der Waals surface area contributed by atoms with E-state index < -0.39 is 11.9 Å². The van der Waals surface area contributed by atoms with Crippen molar-refractivity contribution in [3.63, 3.8) is 0 Å². The molecule has 0 atom stereocenters. The number of carboxylic acids is 2. The predicted octanol–water partition coefficient (Wildman–Crippen LogP) is 2.71. The van der Waals surface area contributed by atoms with E-state index in [1.165, 1.54) is 0 Å². The molecule has 2 aromatic carbocycles. The van der Waals surface area contributed by atoms with Crippen LogP contribution in [0.1, 0.15) is 73.4 Å². The minimum atomic E-state index is -0.875. The van der Waals surface area contributed by atoms with E-state index in [0.29, 0.717) is 27.8 Å². The highest BCUT2D eigenvalue weighted by molar-refractivity contribution is 5.95. The molecule has 0 amide bonds. The van der Waals surface area contributed by atoms with Crippen LogP contribution in [0.5, 0.6) is 0 Å². The van der Waals surface area contributed by atoms with Gasteiger partial charge in [0.1, 0.15) is 0 Å². The van der Waals surface area contributed by atoms with Gasteiger partial charge in [-0.05, 0) is 46.2 Å². The summed E-state index contributed by atoms with van der Waals surface area (Å²) in [7, 11) is 0. The Morgan fingerprint density at radius 3 is 0.966 bits per heavy atom. The molecule has 0 aliphatic heterocycles. The van der Waals surface area contributed by atoms with Crippen LogP contribution in [-0.4, -0.2) is 60.3 Å². The number of benzene rings is 2. The molecular formula is C22H34Al2O5. The van der Waals surface area contributed by atoms with Gasteiger partial charge in [-0.25, -0.2) is 9.59 Å². The van der Waals surface area contributed by atoms with Crippen molar-refractivity contribution in [2.45, 2.75) is 52.4 Å². The molecule has 0 bridgehead atoms. The molecule has 0 fully saturated rings. The largest absolute Gasteiger partial charge is 0.521 e. The fraction of sp³-hybridized carbons (Fsp3) is 0.364. The van der Waals surface area contributed by atoms with Gasteiger partial charge >= 0.3 is 28.6 Å². The smallest absolute Gasteiger partial charge is 0.407 e. The average Bonchev–Trinajstić information content (AvgIpc) is 2.62. The second-order valence-electron chi connectivity index (χ2n) is 8.27. The molecule has 158 valence electrons. The van der Waals surface area contributed by atoms with Crippen LogP contribution in [0.4, 0.5) is 0 Å². The summed E-state index contributed by atoms with van der Waals surface area (Å²) in [6.45, 7) is 12.6. The van der Waals surface area contributed by atoms with Crippen molar-refractivity contribution < 1.29 is 24.0 Å². The summed E-state index contributed by atoms with van der Waals surface area (Å²) in [5.41, 5.74) is 3.14. The summed E-state index contributed by atoms with van der Waals surface area (Å²) in [6.07, 6.45) is 0. The topological polar surface area (TPSA) is 94.8 Å². The van der Waals surface area contributed by atoms with Gasteiger partial charge in [-0.2, -0.15) is 0 Å². The highest BCUT2D eigenvalue weighted by Gasteiger charge is 2.14. The van der Waals surface area contributed by atoms with Crippen LogP contribution < -0.4 is 0 Å². The minimum absolute atomic E-state index is 0. The van der Waals surface area contributed by atoms with Crippen molar-refractivity contribution in [3.05, 3.63) is 70.8 Å². The Hall–Kier alpha value is -1.60. The van der Waals surface area contributed by atoms with E-state index in [2.05, 4.69) is 41.5 Å². The molecule has 0 aromatic heterocycles. The first-order chi connectivity index (χ1) is 12.8. The van der Waals surface area contributed by atoms with Gasteiger partial charge in [-0.3, -0.25) is 0 Å². The van der Waals surface area contributed by atoms with E-state index in [0.717, 1.165) is 11.1 Å². The zero-order chi connectivity index (χ0) is 22.1. The lowest BCUT2D eigenvalue weighted by Gasteiger charge is -2.18. The van der Waals surface area contributed by atoms with Crippen molar-refractivity contribution in [2.24, 2.45) is 0 Å². The monoisotopic (exact) mass is 432 g/mol. The van der Waals surface area contributed by atoms with Crippen molar-refractivity contribution in [1.29, 1.82) is 0 Å². The number of aromatic carboxylic acids is 2. The van der Waals surface area contributed by atoms with Crippen LogP contribution in [0.25, 0.3) is 0 Å². The number of carboxylic acid groups (broad SMARTS) is 2. The molecule has 0 saturated carbocycles. The summed E-state index contributed by atoms with van der Waals surface area (Å²) in [6, 6.07) is 14.0. The zero-order valence-corrected chi connectivity index (χ0v) is 19.8. The lowest BCUT2D eigenvalue weighted by Crippen LogP contribution is -2.11. The van der Waals surface area contributed by atoms with Gasteiger partial charge < -0.3 is 14.4 Å². The molecule has 0 radical (unpaired) electrons. The molecule has 0 aliphatic carbocycles. The molecule has 5 nitrogen and oxygen atoms in total. The molecular weight excluding hydrogens is 398 g/mol. The summed E-state index contributed by atoms with van der Waals surface area (Å²) < 4.78 is 7.14. The first-order valence-electron chi connectivity index (χ1n) is 8.95. The maximum absolute atomic E-state index is 10.6. The molecule has 0 aliphatic rings. The van der Waals surface area contributed by atoms with Gasteiger partial charge in [0.15, 0.2) is 17.4 Å². The number of hydrogen-bond acceptors (Lipinski definition) is 3. The maximum Gasteiger partial charge on any atom is 0.407 e. The molecule has 0 heterocycles. The van der Waals surface area contributed by atoms with Crippen LogP contribution in [-0.2, 0) is 10.8 Å². The summed E-state index contributed by atoms with van der Waals surface area (Å²) in [5.74, 6) is -1.75. The van der Waals surface area contributed by atoms with Gasteiger partial charge in [0.05, 0.1) is 11.1 Å². The van der Waals surface area contributed by atoms with Gasteiger partial charge in [-0.15, -0.1) is 0 Å². The maximum atomic E-state index is 10.6. The number of hydrogen-bond donors (Lipinski definition) is 3. The van der Waals surface area contributed by atoms with Gasteiger partial charge in [0, 0.05) is 0 Å². The van der Waals surface area contributed by atoms with E-state index in [-0.39, 0.29) is 28.2 Å². The Labute approximate surface area is 192 Å². The van der Waals surface area contributed by atoms with Crippen LogP contribution in [0, 0.1) is 0 Å². The SMILES string of the molecule is CC(C)(C)c1ccc(C(=O)O)cc1.CC(C)(C)c1ccc(C(=O)O)cc1.[AlH3].[OH][AlH2]. The van der Waals surface area contributed by atoms with Crippen LogP contribution >= 0.6 is 0 Å². The molecule has 0 saturated heterocycles. The Bertz CT molecular complexity index is 688. The Balaban J connectivity index is 0. The lowest BCUT2D eigenvalue weighted by atomic mass is 9.87. The predicted molar refractivity (Wildman–Crippen MR) is 125 cm³/mol. The third-order valence-electron chi connectivity index (χ3n) is 4.00. The van der Waals surface area contributed by atoms with Gasteiger partial charge in [0.2, 0.25) is 0 Å². The quantitative estimate of drug-likeness (QED) is 0.635. The standard InChI is InChI=1S/2C11H14O2.2Al.H2O.5H/c2*1-11(2,3)9-6-4-8(5-7-9)10(12)13;;;;;;;;/h2*4-7H,1-3H3,(H,12,13);;;1H2;;;;;/q;;;+1;;;;;;/p-1. The van der Waals surface area contributed by atoms with E-state index in [4.69, 9.17) is 14.4 Å². The third-order valence-corrected chi connectivity index (χ3v) is 4.00. The summed E-state index contributed by atoms with van der Waals surface area (Å²) in [4.78, 5) is 21.1. The van der Waals surface area contributed by atoms with E-state index in [1.54, 1.807) is 24.3 Å². The molecule has 7 heteroatoms. The third kappa shape index (κ3) is 10.7. The first kappa shape index (κ1) is 29.6. The number of rotatable bonds is 2. The van der Waals surface area contributed by atoms with E-state index in [1.807, 2.05) is 24.3 Å². The lowest BCUT2D eigenvalue weighted by molar-refractivity contribution is 0.0686. The number of carbonyl (C=O) groups is 2. The molecule has 3 N–H and O–H groups in total. The fourth-order valence-electron chi connectivity index (χ4n) is 2.23. The average molecular weight is 432 g/mol. The van der Waals surface area contributed by atoms with Gasteiger partial charge in [-0.1, -0.05) is 65.8 Å². The van der Waals surface area contributed by atoms with Crippen LogP contribution in [0.15, 0.2) is 48.5 Å². The van der Waals surface area contributed by atoms with E-state index >= 15 is 0 Å². The van der Waals surface area contributed by atoms with Crippen molar-refractivity contribution in [3.8, 4) is 0 Å². The molecule has 2 rings (SSSR count). The van der Waals surface area contributed by atoms with E-state index in [9.17, 15) is 9.59 Å². The molecule has 0 spiro atoms. The van der Waals surface area contributed by atoms with Crippen molar-refractivity contribution in [2.75, 3.05) is 0 Å². The van der Waals surface area contributed by atoms with Gasteiger partial charge in [0.25, 0.3) is 0 Å². The second kappa shape index (κ2) is 12.9. The molecule has 0 unspecified atom stereocenters. The Morgan fingerprint density at radius 2 is 0.828 bits per heavy atom. The minimum Gasteiger partial charge on any atom is -0.521 e. The van der Waals surface area contributed by atoms with Crippen molar-refractivity contribution >= 4 is 45.9 Å². The highest BCUT2D eigenvalue weighted by atomic mass is 27.1.